The van der Waals surface area contributed by atoms with E-state index in [1.165, 1.54) is 16.0 Å². The third-order valence-corrected chi connectivity index (χ3v) is 7.80. The lowest BCUT2D eigenvalue weighted by molar-refractivity contribution is 0.0958. The van der Waals surface area contributed by atoms with Crippen LogP contribution >= 0.6 is 0 Å². The Bertz CT molecular complexity index is 1750. The van der Waals surface area contributed by atoms with Crippen LogP contribution in [0.15, 0.2) is 54.7 Å². The fraction of sp³-hybridized carbons (Fsp3) is 0.258. The molecule has 0 spiro atoms. The Labute approximate surface area is 242 Å². The molecule has 42 heavy (non-hydrogen) atoms. The van der Waals surface area contributed by atoms with Crippen LogP contribution in [0.5, 0.6) is 0 Å². The molecule has 11 heteroatoms. The van der Waals surface area contributed by atoms with Gasteiger partial charge in [0.15, 0.2) is 5.82 Å². The normalized spacial score (nSPS) is 12.5. The molecule has 0 aliphatic carbocycles. The highest BCUT2D eigenvalue weighted by molar-refractivity contribution is 5.92. The van der Waals surface area contributed by atoms with Gasteiger partial charge in [-0.25, -0.2) is 9.78 Å². The van der Waals surface area contributed by atoms with Gasteiger partial charge in [-0.3, -0.25) is 14.5 Å². The van der Waals surface area contributed by atoms with E-state index < -0.39 is 6.09 Å². The van der Waals surface area contributed by atoms with Crippen molar-refractivity contribution < 1.29 is 14.7 Å². The SMILES string of the molecule is CCN(CCc1c(-c2ccc(-c3ccc(C(=O)NC)nc3)cc2)nn(C)c1-c1nc2cc3c(cc2[nH]1)CNC3)C(=O)O. The first-order valence-corrected chi connectivity index (χ1v) is 13.9. The number of imidazole rings is 1. The summed E-state index contributed by atoms with van der Waals surface area (Å²) >= 11 is 0. The van der Waals surface area contributed by atoms with Crippen molar-refractivity contribution in [2.45, 2.75) is 26.4 Å². The second-order valence-electron chi connectivity index (χ2n) is 10.3. The molecule has 3 aromatic heterocycles. The monoisotopic (exact) mass is 564 g/mol. The Morgan fingerprint density at radius 2 is 1.76 bits per heavy atom. The number of carbonyl (C=O) groups excluding carboxylic acids is 1. The minimum Gasteiger partial charge on any atom is -0.465 e. The summed E-state index contributed by atoms with van der Waals surface area (Å²) in [6.07, 6.45) is 1.21. The molecule has 0 radical (unpaired) electrons. The molecule has 1 aliphatic rings. The van der Waals surface area contributed by atoms with Gasteiger partial charge in [0.25, 0.3) is 5.91 Å². The number of nitrogens with one attached hydrogen (secondary N) is 3. The number of rotatable bonds is 8. The summed E-state index contributed by atoms with van der Waals surface area (Å²) in [5, 5.41) is 20.5. The number of pyridine rings is 1. The maximum Gasteiger partial charge on any atom is 0.407 e. The third kappa shape index (κ3) is 4.99. The van der Waals surface area contributed by atoms with Crippen molar-refractivity contribution in [2.75, 3.05) is 20.1 Å². The molecule has 5 aromatic rings. The number of benzene rings is 2. The van der Waals surface area contributed by atoms with Crippen LogP contribution in [0.4, 0.5) is 4.79 Å². The maximum atomic E-state index is 11.8. The smallest absolute Gasteiger partial charge is 0.407 e. The van der Waals surface area contributed by atoms with E-state index in [0.717, 1.165) is 57.8 Å². The fourth-order valence-electron chi connectivity index (χ4n) is 5.53. The summed E-state index contributed by atoms with van der Waals surface area (Å²) in [7, 11) is 3.47. The van der Waals surface area contributed by atoms with Crippen molar-refractivity contribution in [1.82, 2.24) is 40.3 Å². The van der Waals surface area contributed by atoms with Gasteiger partial charge in [0, 0.05) is 63.2 Å². The van der Waals surface area contributed by atoms with E-state index >= 15 is 0 Å². The molecule has 11 nitrogen and oxygen atoms in total. The number of fused-ring (bicyclic) bond motifs is 2. The van der Waals surface area contributed by atoms with Crippen molar-refractivity contribution in [2.24, 2.45) is 7.05 Å². The van der Waals surface area contributed by atoms with E-state index in [4.69, 9.17) is 10.1 Å². The van der Waals surface area contributed by atoms with E-state index in [0.29, 0.717) is 31.0 Å². The topological polar surface area (TPSA) is 141 Å². The number of H-pyrrole nitrogens is 1. The Balaban J connectivity index is 1.38. The summed E-state index contributed by atoms with van der Waals surface area (Å²) in [6, 6.07) is 15.8. The van der Waals surface area contributed by atoms with E-state index in [2.05, 4.69) is 32.7 Å². The van der Waals surface area contributed by atoms with E-state index in [-0.39, 0.29) is 5.91 Å². The van der Waals surface area contributed by atoms with Gasteiger partial charge in [-0.1, -0.05) is 30.3 Å². The van der Waals surface area contributed by atoms with Gasteiger partial charge in [0.1, 0.15) is 11.4 Å². The number of likely N-dealkylation sites (N-methyl/N-ethyl adjacent to an activating group) is 1. The summed E-state index contributed by atoms with van der Waals surface area (Å²) in [5.74, 6) is 0.473. The summed E-state index contributed by atoms with van der Waals surface area (Å²) in [6.45, 7) is 4.24. The van der Waals surface area contributed by atoms with Gasteiger partial charge in [-0.15, -0.1) is 0 Å². The molecule has 214 valence electrons. The van der Waals surface area contributed by atoms with Crippen LogP contribution in [0.25, 0.3) is 44.9 Å². The Morgan fingerprint density at radius 3 is 2.43 bits per heavy atom. The highest BCUT2D eigenvalue weighted by Gasteiger charge is 2.24. The van der Waals surface area contributed by atoms with E-state index in [1.54, 1.807) is 19.3 Å². The molecule has 4 N–H and O–H groups in total. The molecule has 2 amide bonds. The molecule has 0 atom stereocenters. The number of aromatic amines is 1. The molecule has 2 aromatic carbocycles. The molecule has 4 heterocycles. The zero-order chi connectivity index (χ0) is 29.4. The van der Waals surface area contributed by atoms with Gasteiger partial charge in [-0.2, -0.15) is 5.10 Å². The quantitative estimate of drug-likeness (QED) is 0.221. The molecule has 0 unspecified atom stereocenters. The van der Waals surface area contributed by atoms with Gasteiger partial charge >= 0.3 is 6.09 Å². The lowest BCUT2D eigenvalue weighted by Gasteiger charge is -2.17. The zero-order valence-electron chi connectivity index (χ0n) is 23.7. The molecule has 6 rings (SSSR count). The van der Waals surface area contributed by atoms with Gasteiger partial charge in [0.05, 0.1) is 16.7 Å². The summed E-state index contributed by atoms with van der Waals surface area (Å²) in [4.78, 5) is 37.7. The molecular weight excluding hydrogens is 532 g/mol. The number of carbonyl (C=O) groups is 2. The summed E-state index contributed by atoms with van der Waals surface area (Å²) < 4.78 is 1.82. The summed E-state index contributed by atoms with van der Waals surface area (Å²) in [5.41, 5.74) is 10.0. The van der Waals surface area contributed by atoms with Crippen LogP contribution in [0.1, 0.15) is 34.1 Å². The first kappa shape index (κ1) is 27.2. The predicted molar refractivity (Wildman–Crippen MR) is 160 cm³/mol. The average molecular weight is 565 g/mol. The second-order valence-corrected chi connectivity index (χ2v) is 10.3. The number of aromatic nitrogens is 5. The Kier molecular flexibility index (Phi) is 7.17. The second kappa shape index (κ2) is 11.1. The third-order valence-electron chi connectivity index (χ3n) is 7.80. The largest absolute Gasteiger partial charge is 0.465 e. The van der Waals surface area contributed by atoms with Crippen molar-refractivity contribution in [3.8, 4) is 33.9 Å². The molecule has 1 aliphatic heterocycles. The van der Waals surface area contributed by atoms with Crippen molar-refractivity contribution >= 4 is 23.0 Å². The maximum absolute atomic E-state index is 11.8. The van der Waals surface area contributed by atoms with Gasteiger partial charge in [0.2, 0.25) is 0 Å². The average Bonchev–Trinajstić information content (AvgIpc) is 3.71. The van der Waals surface area contributed by atoms with E-state index in [1.807, 2.05) is 49.0 Å². The standard InChI is InChI=1S/C31H32N8O3/c1-4-39(31(41)42)12-11-23-27(19-7-5-18(6-8-19)20-9-10-24(34-17-20)30(40)32-2)37-38(3)28(23)29-35-25-13-21-15-33-16-22(21)14-26(25)36-29/h5-10,13-14,17,33H,4,11-12,15-16H2,1-3H3,(H,32,40)(H,35,36)(H,41,42). The zero-order valence-corrected chi connectivity index (χ0v) is 23.7. The number of aryl methyl sites for hydroxylation is 1. The first-order chi connectivity index (χ1) is 20.4. The van der Waals surface area contributed by atoms with Crippen LogP contribution in [-0.2, 0) is 26.6 Å². The molecule has 0 saturated carbocycles. The highest BCUT2D eigenvalue weighted by atomic mass is 16.4. The Hall–Kier alpha value is -5.03. The number of hydrogen-bond donors (Lipinski definition) is 4. The first-order valence-electron chi connectivity index (χ1n) is 13.9. The number of hydrogen-bond acceptors (Lipinski definition) is 6. The minimum absolute atomic E-state index is 0.231. The predicted octanol–water partition coefficient (Wildman–Crippen LogP) is 4.20. The van der Waals surface area contributed by atoms with Crippen molar-refractivity contribution in [1.29, 1.82) is 0 Å². The number of amides is 2. The number of nitrogens with zero attached hydrogens (tertiary/aromatic N) is 5. The van der Waals surface area contributed by atoms with Crippen molar-refractivity contribution in [3.05, 3.63) is 77.1 Å². The van der Waals surface area contributed by atoms with Crippen LogP contribution in [-0.4, -0.2) is 66.9 Å². The van der Waals surface area contributed by atoms with Gasteiger partial charge < -0.3 is 25.6 Å². The lowest BCUT2D eigenvalue weighted by atomic mass is 9.99. The fourth-order valence-corrected chi connectivity index (χ4v) is 5.53. The molecule has 0 fully saturated rings. The molecule has 0 saturated heterocycles. The molecular formula is C31H32N8O3. The van der Waals surface area contributed by atoms with Crippen LogP contribution in [0, 0.1) is 0 Å². The molecule has 0 bridgehead atoms. The van der Waals surface area contributed by atoms with Crippen LogP contribution in [0.2, 0.25) is 0 Å². The lowest BCUT2D eigenvalue weighted by Crippen LogP contribution is -2.31. The Morgan fingerprint density at radius 1 is 1.05 bits per heavy atom. The van der Waals surface area contributed by atoms with Crippen LogP contribution < -0.4 is 10.6 Å². The highest BCUT2D eigenvalue weighted by Crippen LogP contribution is 2.34. The van der Waals surface area contributed by atoms with Crippen LogP contribution in [0.3, 0.4) is 0 Å². The number of carboxylic acid groups (broad SMARTS) is 1. The minimum atomic E-state index is -0.947. The van der Waals surface area contributed by atoms with E-state index in [9.17, 15) is 14.7 Å². The van der Waals surface area contributed by atoms with Gasteiger partial charge in [-0.05, 0) is 48.2 Å². The van der Waals surface area contributed by atoms with Crippen molar-refractivity contribution in [3.63, 3.8) is 0 Å².